The molecule has 0 amide bonds. The van der Waals surface area contributed by atoms with Crippen LogP contribution in [0.15, 0.2) is 122 Å². The molecule has 10 nitrogen and oxygen atoms in total. The maximum absolute atomic E-state index is 11.8. The second kappa shape index (κ2) is 23.8. The highest BCUT2D eigenvalue weighted by molar-refractivity contribution is 9.08. The summed E-state index contributed by atoms with van der Waals surface area (Å²) >= 11 is 3.55. The molecule has 372 valence electrons. The Hall–Kier alpha value is -5.94. The van der Waals surface area contributed by atoms with E-state index in [-0.39, 0.29) is 54.7 Å². The van der Waals surface area contributed by atoms with Gasteiger partial charge in [0.05, 0.1) is 19.4 Å². The number of benzene rings is 4. The molecule has 2 aliphatic rings. The fourth-order valence-electron chi connectivity index (χ4n) is 9.51. The van der Waals surface area contributed by atoms with E-state index in [1.807, 2.05) is 24.3 Å². The number of fused-ring (bicyclic) bond motifs is 2. The highest BCUT2D eigenvalue weighted by Crippen LogP contribution is 2.47. The van der Waals surface area contributed by atoms with Gasteiger partial charge in [0, 0.05) is 42.0 Å². The molecule has 2 atom stereocenters. The summed E-state index contributed by atoms with van der Waals surface area (Å²) < 4.78 is 11.1. The Balaban J connectivity index is 0.000000211. The van der Waals surface area contributed by atoms with Crippen molar-refractivity contribution in [2.24, 2.45) is 0 Å². The number of phenolic OH excluding ortho intramolecular Hbond substituents is 1. The topological polar surface area (TPSA) is 145 Å². The predicted molar refractivity (Wildman–Crippen MR) is 283 cm³/mol. The normalized spacial score (nSPS) is 16.4. The maximum atomic E-state index is 11.8. The molecule has 2 heterocycles. The van der Waals surface area contributed by atoms with Gasteiger partial charge in [0.25, 0.3) is 0 Å². The molecule has 2 aromatic heterocycles. The monoisotopic (exact) mass is 1010 g/mol. The lowest BCUT2D eigenvalue weighted by Crippen LogP contribution is -2.33. The highest BCUT2D eigenvalue weighted by atomic mass is 79.9. The van der Waals surface area contributed by atoms with Crippen molar-refractivity contribution >= 4 is 27.9 Å². The standard InChI is InChI=1S/C28H32N2O3.C15H21Br.C15H16N2O3.CH4/c1-27(2)11-12-28(3,4)25-13-19(5-10-24(25)27)17-33-22-8-6-20(7-9-22)23(14-26(31)32)21-15-29-18-30-16-21;1-14(2)7-8-15(3,4)13-9-11(10-16)5-6-12(13)14;1-2-20-15(19)7-14(12-8-16-10-17-9-12)11-3-5-13(18)6-4-11;/h5-10,13,15-16,18,23H,11-12,14,17H2,1-4H3,(H,31,32);5-6,9H,7-8,10H2,1-4H3;3-6,8-10,14,18H,2,7H2,1H3;1H4. The average Bonchev–Trinajstić information content (AvgIpc) is 3.34. The Labute approximate surface area is 424 Å². The van der Waals surface area contributed by atoms with Gasteiger partial charge < -0.3 is 19.7 Å². The number of aromatic nitrogens is 4. The summed E-state index contributed by atoms with van der Waals surface area (Å²) in [6.45, 7) is 21.4. The van der Waals surface area contributed by atoms with E-state index in [1.54, 1.807) is 67.1 Å². The first kappa shape index (κ1) is 55.0. The molecule has 0 saturated carbocycles. The molecule has 70 heavy (non-hydrogen) atoms. The van der Waals surface area contributed by atoms with Crippen molar-refractivity contribution in [3.05, 3.63) is 178 Å². The van der Waals surface area contributed by atoms with Crippen LogP contribution in [0.1, 0.15) is 176 Å². The lowest BCUT2D eigenvalue weighted by molar-refractivity contribution is -0.143. The average molecular weight is 1010 g/mol. The number of carbonyl (C=O) groups excluding carboxylic acids is 1. The lowest BCUT2D eigenvalue weighted by atomic mass is 9.63. The van der Waals surface area contributed by atoms with Crippen molar-refractivity contribution in [2.45, 2.75) is 154 Å². The van der Waals surface area contributed by atoms with Crippen molar-refractivity contribution in [3.63, 3.8) is 0 Å². The highest BCUT2D eigenvalue weighted by Gasteiger charge is 2.38. The van der Waals surface area contributed by atoms with E-state index >= 15 is 0 Å². The number of aliphatic carboxylic acids is 1. The molecule has 0 saturated heterocycles. The molecule has 0 bridgehead atoms. The van der Waals surface area contributed by atoms with Gasteiger partial charge in [-0.2, -0.15) is 0 Å². The summed E-state index contributed by atoms with van der Waals surface area (Å²) in [6, 6.07) is 28.2. The Morgan fingerprint density at radius 2 is 1.00 bits per heavy atom. The molecule has 0 aliphatic heterocycles. The van der Waals surface area contributed by atoms with E-state index in [4.69, 9.17) is 9.47 Å². The van der Waals surface area contributed by atoms with Crippen LogP contribution >= 0.6 is 15.9 Å². The first-order valence-electron chi connectivity index (χ1n) is 24.0. The number of hydrogen-bond acceptors (Lipinski definition) is 9. The molecule has 0 radical (unpaired) electrons. The molecule has 2 aliphatic carbocycles. The smallest absolute Gasteiger partial charge is 0.306 e. The number of carboxylic acid groups (broad SMARTS) is 1. The van der Waals surface area contributed by atoms with Gasteiger partial charge in [0.15, 0.2) is 0 Å². The summed E-state index contributed by atoms with van der Waals surface area (Å²) in [6.07, 6.45) is 14.8. The SMILES string of the molecule is C.CC1(C)CCC(C)(C)c2cc(CBr)ccc21.CC1(C)CCC(C)(C)c2cc(COc3ccc(C(CC(=O)O)c4cncnc4)cc3)ccc21.CCOC(=O)CC(c1ccc(O)cc1)c1cncnc1. The van der Waals surface area contributed by atoms with Gasteiger partial charge >= 0.3 is 11.9 Å². The summed E-state index contributed by atoms with van der Waals surface area (Å²) in [5, 5.41) is 19.7. The van der Waals surface area contributed by atoms with Gasteiger partial charge in [0.2, 0.25) is 0 Å². The van der Waals surface area contributed by atoms with Crippen LogP contribution in [0, 0.1) is 0 Å². The third kappa shape index (κ3) is 14.1. The third-order valence-electron chi connectivity index (χ3n) is 14.0. The quantitative estimate of drug-likeness (QED) is 0.0847. The number of phenols is 1. The molecule has 11 heteroatoms. The minimum absolute atomic E-state index is 0. The zero-order valence-corrected chi connectivity index (χ0v) is 43.3. The number of alkyl halides is 1. The van der Waals surface area contributed by atoms with Gasteiger partial charge in [-0.05, 0) is 134 Å². The van der Waals surface area contributed by atoms with Crippen molar-refractivity contribution < 1.29 is 29.3 Å². The second-order valence-electron chi connectivity index (χ2n) is 20.9. The number of ether oxygens (including phenoxy) is 2. The van der Waals surface area contributed by atoms with E-state index < -0.39 is 5.97 Å². The number of esters is 1. The van der Waals surface area contributed by atoms with E-state index in [1.165, 1.54) is 55.0 Å². The molecule has 0 fully saturated rings. The number of carboxylic acids is 1. The number of aromatic hydroxyl groups is 1. The van der Waals surface area contributed by atoms with E-state index in [0.717, 1.165) is 38.9 Å². The van der Waals surface area contributed by atoms with Crippen molar-refractivity contribution in [3.8, 4) is 11.5 Å². The Morgan fingerprint density at radius 3 is 1.44 bits per heavy atom. The second-order valence-corrected chi connectivity index (χ2v) is 21.5. The number of hydrogen-bond donors (Lipinski definition) is 2. The molecule has 4 aromatic carbocycles. The van der Waals surface area contributed by atoms with Crippen molar-refractivity contribution in [1.82, 2.24) is 19.9 Å². The van der Waals surface area contributed by atoms with E-state index in [0.29, 0.717) is 24.0 Å². The van der Waals surface area contributed by atoms with Crippen LogP contribution in [0.25, 0.3) is 0 Å². The first-order valence-corrected chi connectivity index (χ1v) is 25.1. The van der Waals surface area contributed by atoms with Crippen LogP contribution in [0.2, 0.25) is 0 Å². The fourth-order valence-corrected chi connectivity index (χ4v) is 9.86. The zero-order chi connectivity index (χ0) is 50.0. The maximum Gasteiger partial charge on any atom is 0.306 e. The summed E-state index contributed by atoms with van der Waals surface area (Å²) in [4.78, 5) is 39.2. The minimum atomic E-state index is -0.859. The largest absolute Gasteiger partial charge is 0.508 e. The third-order valence-corrected chi connectivity index (χ3v) is 14.6. The van der Waals surface area contributed by atoms with Gasteiger partial charge in [-0.25, -0.2) is 19.9 Å². The Morgan fingerprint density at radius 1 is 0.586 bits per heavy atom. The molecule has 2 N–H and O–H groups in total. The summed E-state index contributed by atoms with van der Waals surface area (Å²) in [7, 11) is 0. The van der Waals surface area contributed by atoms with Crippen LogP contribution in [0.4, 0.5) is 0 Å². The van der Waals surface area contributed by atoms with E-state index in [9.17, 15) is 19.8 Å². The Kier molecular flexibility index (Phi) is 18.7. The van der Waals surface area contributed by atoms with Crippen LogP contribution in [-0.2, 0) is 47.9 Å². The van der Waals surface area contributed by atoms with Crippen LogP contribution < -0.4 is 4.74 Å². The molecular weight excluding hydrogens is 941 g/mol. The molecular formula is C59H73BrN4O6. The molecule has 2 unspecified atom stereocenters. The van der Waals surface area contributed by atoms with Gasteiger partial charge in [-0.15, -0.1) is 0 Å². The number of carbonyl (C=O) groups is 2. The molecule has 6 aromatic rings. The van der Waals surface area contributed by atoms with Crippen molar-refractivity contribution in [2.75, 3.05) is 6.61 Å². The number of nitrogens with zero attached hydrogens (tertiary/aromatic N) is 4. The van der Waals surface area contributed by atoms with Crippen molar-refractivity contribution in [1.29, 1.82) is 0 Å². The van der Waals surface area contributed by atoms with E-state index in [2.05, 4.69) is 128 Å². The van der Waals surface area contributed by atoms with Crippen LogP contribution in [-0.4, -0.2) is 48.7 Å². The molecule has 8 rings (SSSR count). The van der Waals surface area contributed by atoms with Gasteiger partial charge in [0.1, 0.15) is 30.8 Å². The minimum Gasteiger partial charge on any atom is -0.508 e. The predicted octanol–water partition coefficient (Wildman–Crippen LogP) is 13.8. The fraction of sp³-hybridized carbons (Fsp3) is 0.424. The zero-order valence-electron chi connectivity index (χ0n) is 41.8. The lowest BCUT2D eigenvalue weighted by Gasteiger charge is -2.42. The van der Waals surface area contributed by atoms with Gasteiger partial charge in [-0.1, -0.05) is 139 Å². The molecule has 0 spiro atoms. The van der Waals surface area contributed by atoms with Gasteiger partial charge in [-0.3, -0.25) is 9.59 Å². The number of rotatable bonds is 13. The summed E-state index contributed by atoms with van der Waals surface area (Å²) in [5.74, 6) is -0.667. The summed E-state index contributed by atoms with van der Waals surface area (Å²) in [5.41, 5.74) is 13.0. The van der Waals surface area contributed by atoms with Crippen LogP contribution in [0.5, 0.6) is 11.5 Å². The first-order chi connectivity index (χ1) is 32.7. The van der Waals surface area contributed by atoms with Crippen LogP contribution in [0.3, 0.4) is 0 Å². The number of halogens is 1. The Bertz CT molecular complexity index is 2630.